The Balaban J connectivity index is 1.49. The van der Waals surface area contributed by atoms with Crippen molar-refractivity contribution in [3.63, 3.8) is 0 Å². The van der Waals surface area contributed by atoms with Crippen LogP contribution < -0.4 is 10.2 Å². The van der Waals surface area contributed by atoms with Crippen molar-refractivity contribution in [2.75, 3.05) is 6.54 Å². The molecule has 8 nitrogen and oxygen atoms in total. The lowest BCUT2D eigenvalue weighted by atomic mass is 10.0. The van der Waals surface area contributed by atoms with Crippen LogP contribution in [0.2, 0.25) is 0 Å². The second-order valence-electron chi connectivity index (χ2n) is 8.07. The third kappa shape index (κ3) is 5.13. The molecule has 2 atom stereocenters. The minimum absolute atomic E-state index is 0.00309. The van der Waals surface area contributed by atoms with Crippen LogP contribution in [0.15, 0.2) is 83.8 Å². The minimum Gasteiger partial charge on any atom is -0.489 e. The molecule has 0 spiro atoms. The van der Waals surface area contributed by atoms with Gasteiger partial charge in [0.2, 0.25) is 10.0 Å². The van der Waals surface area contributed by atoms with E-state index < -0.39 is 28.1 Å². The normalized spacial score (nSPS) is 18.9. The predicted molar refractivity (Wildman–Crippen MR) is 126 cm³/mol. The summed E-state index contributed by atoms with van der Waals surface area (Å²) in [6, 6.07) is 22.7. The molecule has 1 heterocycles. The molecule has 1 fully saturated rings. The number of amides is 1. The molecule has 3 N–H and O–H groups in total. The smallest absolute Gasteiger partial charge is 0.261 e. The Hall–Kier alpha value is -3.24. The van der Waals surface area contributed by atoms with Gasteiger partial charge in [0.25, 0.3) is 5.91 Å². The van der Waals surface area contributed by atoms with Gasteiger partial charge in [0.05, 0.1) is 11.0 Å². The van der Waals surface area contributed by atoms with Gasteiger partial charge in [-0.1, -0.05) is 54.6 Å². The molecule has 0 radical (unpaired) electrons. The predicted octanol–water partition coefficient (Wildman–Crippen LogP) is 2.95. The van der Waals surface area contributed by atoms with Crippen LogP contribution in [0, 0.1) is 0 Å². The average molecular weight is 483 g/mol. The first-order chi connectivity index (χ1) is 16.4. The molecule has 1 aliphatic rings. The highest BCUT2D eigenvalue weighted by molar-refractivity contribution is 7.89. The Morgan fingerprint density at radius 1 is 1.00 bits per heavy atom. The molecule has 4 rings (SSSR count). The Morgan fingerprint density at radius 3 is 2.38 bits per heavy atom. The van der Waals surface area contributed by atoms with E-state index in [1.807, 2.05) is 54.6 Å². The minimum atomic E-state index is -4.02. The number of nitrogens with zero attached hydrogens (tertiary/aromatic N) is 1. The van der Waals surface area contributed by atoms with E-state index in [9.17, 15) is 18.3 Å². The van der Waals surface area contributed by atoms with Gasteiger partial charge < -0.3 is 9.84 Å². The number of hydroxylamine groups is 1. The molecule has 3 aromatic carbocycles. The molecule has 0 aromatic heterocycles. The summed E-state index contributed by atoms with van der Waals surface area (Å²) < 4.78 is 33.2. The Kier molecular flexibility index (Phi) is 7.28. The van der Waals surface area contributed by atoms with E-state index >= 15 is 0 Å². The van der Waals surface area contributed by atoms with Crippen LogP contribution in [0.1, 0.15) is 18.4 Å². The summed E-state index contributed by atoms with van der Waals surface area (Å²) in [5.74, 6) is -0.375. The number of hydrogen-bond acceptors (Lipinski definition) is 6. The maximum Gasteiger partial charge on any atom is 0.261 e. The van der Waals surface area contributed by atoms with Gasteiger partial charge in [-0.2, -0.15) is 4.31 Å². The highest BCUT2D eigenvalue weighted by Crippen LogP contribution is 2.28. The number of ether oxygens (including phenoxy) is 1. The first-order valence-corrected chi connectivity index (χ1v) is 12.3. The van der Waals surface area contributed by atoms with Crippen molar-refractivity contribution in [2.45, 2.75) is 36.5 Å². The number of aliphatic hydroxyl groups excluding tert-OH is 1. The summed E-state index contributed by atoms with van der Waals surface area (Å²) in [4.78, 5) is 12.0. The fourth-order valence-electron chi connectivity index (χ4n) is 4.08. The van der Waals surface area contributed by atoms with Crippen molar-refractivity contribution in [1.82, 2.24) is 9.79 Å². The number of aliphatic hydroxyl groups is 1. The lowest BCUT2D eigenvalue weighted by Gasteiger charge is -2.35. The van der Waals surface area contributed by atoms with Gasteiger partial charge in [-0.15, -0.1) is 0 Å². The van der Waals surface area contributed by atoms with Gasteiger partial charge in [-0.25, -0.2) is 13.9 Å². The second-order valence-corrected chi connectivity index (χ2v) is 9.96. The van der Waals surface area contributed by atoms with E-state index in [2.05, 4.69) is 0 Å². The van der Waals surface area contributed by atoms with Crippen molar-refractivity contribution < 1.29 is 28.3 Å². The van der Waals surface area contributed by atoms with Gasteiger partial charge in [-0.05, 0) is 53.8 Å². The number of piperidine rings is 1. The van der Waals surface area contributed by atoms with Crippen LogP contribution in [0.4, 0.5) is 0 Å². The van der Waals surface area contributed by atoms with E-state index in [0.717, 1.165) is 21.0 Å². The maximum absolute atomic E-state index is 13.2. The SMILES string of the molecule is O=C(NO)[C@H]1C[C@@H](O)CCN1S(=O)(=O)c1ccc(OCc2ccccc2-c2ccccc2)cc1. The topological polar surface area (TPSA) is 116 Å². The summed E-state index contributed by atoms with van der Waals surface area (Å²) in [5, 5.41) is 18.8. The van der Waals surface area contributed by atoms with Crippen molar-refractivity contribution in [3.8, 4) is 16.9 Å². The quantitative estimate of drug-likeness (QED) is 0.352. The first-order valence-electron chi connectivity index (χ1n) is 10.9. The molecule has 1 saturated heterocycles. The zero-order valence-electron chi connectivity index (χ0n) is 18.4. The molecule has 0 bridgehead atoms. The fraction of sp³-hybridized carbons (Fsp3) is 0.240. The third-order valence-electron chi connectivity index (χ3n) is 5.87. The first kappa shape index (κ1) is 23.9. The standard InChI is InChI=1S/C25H26N2O6S/c28-20-14-15-27(24(16-20)25(29)26-30)34(31,32)22-12-10-21(11-13-22)33-17-19-8-4-5-9-23(19)18-6-2-1-3-7-18/h1-13,20,24,28,30H,14-17H2,(H,26,29)/t20-,24+/m0/s1. The number of sulfonamides is 1. The zero-order valence-corrected chi connectivity index (χ0v) is 19.2. The van der Waals surface area contributed by atoms with E-state index in [-0.39, 0.29) is 24.3 Å². The van der Waals surface area contributed by atoms with E-state index in [1.54, 1.807) is 12.1 Å². The van der Waals surface area contributed by atoms with Crippen LogP contribution in [0.25, 0.3) is 11.1 Å². The van der Waals surface area contributed by atoms with E-state index in [1.165, 1.54) is 17.6 Å². The lowest BCUT2D eigenvalue weighted by molar-refractivity contribution is -0.135. The maximum atomic E-state index is 13.2. The molecule has 1 aliphatic heterocycles. The molecule has 0 saturated carbocycles. The zero-order chi connectivity index (χ0) is 24.1. The highest BCUT2D eigenvalue weighted by atomic mass is 32.2. The van der Waals surface area contributed by atoms with Gasteiger partial charge in [0, 0.05) is 6.54 Å². The van der Waals surface area contributed by atoms with Gasteiger partial charge in [0.15, 0.2) is 0 Å². The third-order valence-corrected chi connectivity index (χ3v) is 7.79. The largest absolute Gasteiger partial charge is 0.489 e. The molecule has 34 heavy (non-hydrogen) atoms. The van der Waals surface area contributed by atoms with Crippen molar-refractivity contribution in [2.24, 2.45) is 0 Å². The van der Waals surface area contributed by atoms with E-state index in [0.29, 0.717) is 12.4 Å². The molecular formula is C25H26N2O6S. The molecule has 0 unspecified atom stereocenters. The molecule has 0 aliphatic carbocycles. The van der Waals surface area contributed by atoms with Crippen LogP contribution in [-0.4, -0.2) is 47.6 Å². The average Bonchev–Trinajstić information content (AvgIpc) is 2.87. The lowest BCUT2D eigenvalue weighted by Crippen LogP contribution is -2.54. The van der Waals surface area contributed by atoms with Crippen LogP contribution in [0.3, 0.4) is 0 Å². The van der Waals surface area contributed by atoms with Crippen molar-refractivity contribution >= 4 is 15.9 Å². The van der Waals surface area contributed by atoms with E-state index in [4.69, 9.17) is 9.94 Å². The van der Waals surface area contributed by atoms with Gasteiger partial charge in [-0.3, -0.25) is 10.0 Å². The number of hydrogen-bond donors (Lipinski definition) is 3. The Morgan fingerprint density at radius 2 is 1.68 bits per heavy atom. The van der Waals surface area contributed by atoms with Gasteiger partial charge >= 0.3 is 0 Å². The number of carbonyl (C=O) groups excluding carboxylic acids is 1. The molecular weight excluding hydrogens is 456 g/mol. The van der Waals surface area contributed by atoms with Crippen LogP contribution in [-0.2, 0) is 21.4 Å². The summed E-state index contributed by atoms with van der Waals surface area (Å²) in [6.07, 6.45) is -0.701. The van der Waals surface area contributed by atoms with Gasteiger partial charge in [0.1, 0.15) is 18.4 Å². The highest BCUT2D eigenvalue weighted by Gasteiger charge is 2.40. The number of benzene rings is 3. The summed E-state index contributed by atoms with van der Waals surface area (Å²) in [6.45, 7) is 0.274. The van der Waals surface area contributed by atoms with Crippen LogP contribution >= 0.6 is 0 Å². The molecule has 1 amide bonds. The summed E-state index contributed by atoms with van der Waals surface area (Å²) >= 11 is 0. The molecule has 3 aromatic rings. The Labute approximate surface area is 198 Å². The summed E-state index contributed by atoms with van der Waals surface area (Å²) in [7, 11) is -4.02. The number of rotatable bonds is 7. The number of nitrogens with one attached hydrogen (secondary N) is 1. The number of carbonyl (C=O) groups is 1. The van der Waals surface area contributed by atoms with Crippen LogP contribution in [0.5, 0.6) is 5.75 Å². The monoisotopic (exact) mass is 482 g/mol. The molecule has 178 valence electrons. The Bertz CT molecular complexity index is 1230. The summed E-state index contributed by atoms with van der Waals surface area (Å²) in [5.41, 5.74) is 4.62. The fourth-order valence-corrected chi connectivity index (χ4v) is 5.69. The second kappa shape index (κ2) is 10.4. The van der Waals surface area contributed by atoms with Crippen molar-refractivity contribution in [1.29, 1.82) is 0 Å². The molecule has 9 heteroatoms. The van der Waals surface area contributed by atoms with Crippen molar-refractivity contribution in [3.05, 3.63) is 84.4 Å².